The topological polar surface area (TPSA) is 34.4 Å². The minimum Gasteiger partial charge on any atom is -0.305 e. The van der Waals surface area contributed by atoms with Gasteiger partial charge in [-0.15, -0.1) is 6.42 Å². The van der Waals surface area contributed by atoms with Crippen molar-refractivity contribution in [3.8, 4) is 12.3 Å². The van der Waals surface area contributed by atoms with Gasteiger partial charge in [-0.2, -0.15) is 4.99 Å². The fraction of sp³-hybridized carbons (Fsp3) is 0.167. The molecule has 0 N–H and O–H groups in total. The van der Waals surface area contributed by atoms with Gasteiger partial charge in [-0.1, -0.05) is 29.4 Å². The lowest BCUT2D eigenvalue weighted by atomic mass is 10.3. The number of rotatable bonds is 1. The number of aromatic nitrogens is 1. The molecule has 0 fully saturated rings. The molecule has 1 heterocycles. The monoisotopic (exact) mass is 230 g/mol. The molecule has 0 aliphatic rings. The van der Waals surface area contributed by atoms with E-state index in [0.717, 1.165) is 10.2 Å². The van der Waals surface area contributed by atoms with Crippen LogP contribution in [0.1, 0.15) is 6.92 Å². The summed E-state index contributed by atoms with van der Waals surface area (Å²) in [4.78, 5) is 15.6. The molecule has 3 nitrogen and oxygen atoms in total. The lowest BCUT2D eigenvalue weighted by Crippen LogP contribution is -2.15. The maximum absolute atomic E-state index is 11.0. The zero-order valence-electron chi connectivity index (χ0n) is 8.80. The number of hydrogen-bond acceptors (Lipinski definition) is 2. The second-order valence-electron chi connectivity index (χ2n) is 3.27. The molecule has 2 aromatic rings. The summed E-state index contributed by atoms with van der Waals surface area (Å²) in [6, 6.07) is 7.87. The molecule has 0 saturated carbocycles. The van der Waals surface area contributed by atoms with Crippen molar-refractivity contribution in [3.05, 3.63) is 29.1 Å². The molecule has 80 valence electrons. The van der Waals surface area contributed by atoms with E-state index < -0.39 is 0 Å². The van der Waals surface area contributed by atoms with Crippen molar-refractivity contribution in [2.24, 2.45) is 4.99 Å². The molecule has 0 radical (unpaired) electrons. The Kier molecular flexibility index (Phi) is 2.88. The summed E-state index contributed by atoms with van der Waals surface area (Å²) in [7, 11) is 0. The van der Waals surface area contributed by atoms with E-state index in [2.05, 4.69) is 10.9 Å². The van der Waals surface area contributed by atoms with Crippen LogP contribution in [0.5, 0.6) is 0 Å². The number of nitrogens with zero attached hydrogens (tertiary/aromatic N) is 2. The molecular weight excluding hydrogens is 220 g/mol. The first-order chi connectivity index (χ1) is 7.72. The van der Waals surface area contributed by atoms with Gasteiger partial charge in [0.1, 0.15) is 0 Å². The number of terminal acetylenes is 1. The Labute approximate surface area is 97.1 Å². The first kappa shape index (κ1) is 10.7. The van der Waals surface area contributed by atoms with E-state index >= 15 is 0 Å². The van der Waals surface area contributed by atoms with E-state index in [9.17, 15) is 4.79 Å². The molecule has 0 bridgehead atoms. The van der Waals surface area contributed by atoms with Gasteiger partial charge in [-0.25, -0.2) is 0 Å². The average molecular weight is 230 g/mol. The summed E-state index contributed by atoms with van der Waals surface area (Å²) in [5.74, 6) is 2.36. The third-order valence-electron chi connectivity index (χ3n) is 2.09. The summed E-state index contributed by atoms with van der Waals surface area (Å²) in [6.07, 6.45) is 5.32. The lowest BCUT2D eigenvalue weighted by molar-refractivity contribution is -0.116. The highest BCUT2D eigenvalue weighted by molar-refractivity contribution is 7.16. The molecule has 0 unspecified atom stereocenters. The number of carbonyl (C=O) groups excluding carboxylic acids is 1. The van der Waals surface area contributed by atoms with Crippen LogP contribution < -0.4 is 4.80 Å². The van der Waals surface area contributed by atoms with E-state index in [0.29, 0.717) is 11.3 Å². The van der Waals surface area contributed by atoms with Crippen molar-refractivity contribution in [1.82, 2.24) is 4.57 Å². The highest BCUT2D eigenvalue weighted by atomic mass is 32.1. The average Bonchev–Trinajstić information content (AvgIpc) is 2.57. The number of hydrogen-bond donors (Lipinski definition) is 0. The zero-order valence-corrected chi connectivity index (χ0v) is 9.62. The Bertz CT molecular complexity index is 643. The van der Waals surface area contributed by atoms with Crippen molar-refractivity contribution in [2.45, 2.75) is 13.5 Å². The quantitative estimate of drug-likeness (QED) is 0.688. The Morgan fingerprint density at radius 2 is 2.31 bits per heavy atom. The summed E-state index contributed by atoms with van der Waals surface area (Å²) in [6.45, 7) is 1.86. The number of thiazole rings is 1. The van der Waals surface area contributed by atoms with Gasteiger partial charge in [0.15, 0.2) is 4.80 Å². The van der Waals surface area contributed by atoms with Crippen molar-refractivity contribution in [1.29, 1.82) is 0 Å². The van der Waals surface area contributed by atoms with E-state index in [1.807, 2.05) is 28.8 Å². The predicted octanol–water partition coefficient (Wildman–Crippen LogP) is 1.78. The first-order valence-corrected chi connectivity index (χ1v) is 5.61. The van der Waals surface area contributed by atoms with E-state index in [4.69, 9.17) is 6.42 Å². The van der Waals surface area contributed by atoms with Crippen LogP contribution >= 0.6 is 11.3 Å². The normalized spacial score (nSPS) is 11.6. The molecule has 0 atom stereocenters. The van der Waals surface area contributed by atoms with Crippen molar-refractivity contribution >= 4 is 27.5 Å². The fourth-order valence-corrected chi connectivity index (χ4v) is 2.56. The molecule has 1 aromatic heterocycles. The molecule has 0 aliphatic carbocycles. The zero-order chi connectivity index (χ0) is 11.5. The minimum atomic E-state index is -0.211. The Morgan fingerprint density at radius 3 is 3.00 bits per heavy atom. The largest absolute Gasteiger partial charge is 0.305 e. The van der Waals surface area contributed by atoms with Crippen molar-refractivity contribution in [2.75, 3.05) is 0 Å². The maximum atomic E-state index is 11.0. The van der Waals surface area contributed by atoms with Crippen LogP contribution in [0.15, 0.2) is 29.3 Å². The van der Waals surface area contributed by atoms with Crippen molar-refractivity contribution < 1.29 is 4.79 Å². The fourth-order valence-electron chi connectivity index (χ4n) is 1.48. The van der Waals surface area contributed by atoms with Crippen LogP contribution in [0.4, 0.5) is 0 Å². The minimum absolute atomic E-state index is 0.211. The van der Waals surface area contributed by atoms with Crippen LogP contribution in [0, 0.1) is 12.3 Å². The van der Waals surface area contributed by atoms with Crippen LogP contribution in [0.25, 0.3) is 10.2 Å². The smallest absolute Gasteiger partial charge is 0.245 e. The molecular formula is C12H10N2OS. The molecule has 1 aromatic carbocycles. The van der Waals surface area contributed by atoms with Gasteiger partial charge in [-0.3, -0.25) is 4.79 Å². The molecule has 4 heteroatoms. The Hall–Kier alpha value is -1.86. The molecule has 0 aliphatic heterocycles. The highest BCUT2D eigenvalue weighted by Gasteiger charge is 2.04. The lowest BCUT2D eigenvalue weighted by Gasteiger charge is -1.97. The number of benzene rings is 1. The SMILES string of the molecule is C#CCn1c(=NC(C)=O)sc2ccccc21. The highest BCUT2D eigenvalue weighted by Crippen LogP contribution is 2.16. The van der Waals surface area contributed by atoms with Crippen molar-refractivity contribution in [3.63, 3.8) is 0 Å². The van der Waals surface area contributed by atoms with Crippen LogP contribution in [0.3, 0.4) is 0 Å². The number of fused-ring (bicyclic) bond motifs is 1. The summed E-state index contributed by atoms with van der Waals surface area (Å²) >= 11 is 1.47. The standard InChI is InChI=1S/C12H10N2OS/c1-3-8-14-10-6-4-5-7-11(10)16-12(14)13-9(2)15/h1,4-7H,8H2,2H3. The first-order valence-electron chi connectivity index (χ1n) is 4.79. The number of carbonyl (C=O) groups is 1. The molecule has 16 heavy (non-hydrogen) atoms. The van der Waals surface area contributed by atoms with E-state index in [1.165, 1.54) is 18.3 Å². The maximum Gasteiger partial charge on any atom is 0.245 e. The van der Waals surface area contributed by atoms with E-state index in [1.54, 1.807) is 0 Å². The molecule has 1 amide bonds. The van der Waals surface area contributed by atoms with Gasteiger partial charge < -0.3 is 4.57 Å². The Morgan fingerprint density at radius 1 is 1.56 bits per heavy atom. The number of para-hydroxylation sites is 1. The third kappa shape index (κ3) is 1.90. The second kappa shape index (κ2) is 4.33. The van der Waals surface area contributed by atoms with Gasteiger partial charge in [0.25, 0.3) is 0 Å². The van der Waals surface area contributed by atoms with Gasteiger partial charge in [0, 0.05) is 6.92 Å². The Balaban J connectivity index is 2.79. The van der Waals surface area contributed by atoms with E-state index in [-0.39, 0.29) is 5.91 Å². The molecule has 0 saturated heterocycles. The number of amides is 1. The van der Waals surface area contributed by atoms with Gasteiger partial charge >= 0.3 is 0 Å². The summed E-state index contributed by atoms with van der Waals surface area (Å²) < 4.78 is 2.96. The van der Waals surface area contributed by atoms with Gasteiger partial charge in [-0.05, 0) is 12.1 Å². The van der Waals surface area contributed by atoms with Crippen LogP contribution in [-0.4, -0.2) is 10.5 Å². The summed E-state index contributed by atoms with van der Waals surface area (Å²) in [5.41, 5.74) is 1.02. The third-order valence-corrected chi connectivity index (χ3v) is 3.15. The molecule has 2 rings (SSSR count). The van der Waals surface area contributed by atoms with Gasteiger partial charge in [0.05, 0.1) is 16.8 Å². The van der Waals surface area contributed by atoms with Crippen LogP contribution in [0.2, 0.25) is 0 Å². The predicted molar refractivity (Wildman–Crippen MR) is 64.9 cm³/mol. The van der Waals surface area contributed by atoms with Gasteiger partial charge in [0.2, 0.25) is 5.91 Å². The summed E-state index contributed by atoms with van der Waals surface area (Å²) in [5, 5.41) is 0. The molecule has 0 spiro atoms. The second-order valence-corrected chi connectivity index (χ2v) is 4.28. The van der Waals surface area contributed by atoms with Crippen LogP contribution in [-0.2, 0) is 11.3 Å².